The minimum Gasteiger partial charge on any atom is -0.510 e. The molecule has 15 heavy (non-hydrogen) atoms. The van der Waals surface area contributed by atoms with Gasteiger partial charge in [-0.15, -0.1) is 0 Å². The Morgan fingerprint density at radius 2 is 1.80 bits per heavy atom. The van der Waals surface area contributed by atoms with Crippen molar-refractivity contribution in [2.45, 2.75) is 26.4 Å². The summed E-state index contributed by atoms with van der Waals surface area (Å²) in [6.45, 7) is 8.46. The van der Waals surface area contributed by atoms with Gasteiger partial charge in [0.2, 0.25) is 0 Å². The molecule has 2 atom stereocenters. The van der Waals surface area contributed by atoms with E-state index in [1.54, 1.807) is 4.90 Å². The lowest BCUT2D eigenvalue weighted by Gasteiger charge is -2.19. The first-order valence-electron chi connectivity index (χ1n) is 5.19. The molecule has 1 saturated heterocycles. The molecule has 0 spiro atoms. The fourth-order valence-electron chi connectivity index (χ4n) is 1.63. The SMILES string of the molecule is CCCN1CC[NH+](C)C1C.[F][Al-]([F])([F])[F]. The van der Waals surface area contributed by atoms with Gasteiger partial charge in [0.1, 0.15) is 6.17 Å². The lowest BCUT2D eigenvalue weighted by Crippen LogP contribution is -3.11. The van der Waals surface area contributed by atoms with Crippen molar-refractivity contribution in [2.24, 2.45) is 0 Å². The van der Waals surface area contributed by atoms with Crippen LogP contribution >= 0.6 is 0 Å². The number of likely N-dealkylation sites (N-methyl/N-ethyl adjacent to an activating group) is 1. The molecule has 0 aliphatic carbocycles. The summed E-state index contributed by atoms with van der Waals surface area (Å²) in [6, 6.07) is 0. The summed E-state index contributed by atoms with van der Waals surface area (Å²) in [5, 5.41) is 0. The summed E-state index contributed by atoms with van der Waals surface area (Å²) >= 11 is -6.83. The van der Waals surface area contributed by atoms with Crippen LogP contribution in [0.1, 0.15) is 20.3 Å². The maximum Gasteiger partial charge on any atom is 1.04 e. The summed E-state index contributed by atoms with van der Waals surface area (Å²) in [4.78, 5) is 4.23. The van der Waals surface area contributed by atoms with Crippen LogP contribution in [0.3, 0.4) is 0 Å². The Balaban J connectivity index is 0.000000336. The van der Waals surface area contributed by atoms with Gasteiger partial charge in [-0.05, 0) is 6.42 Å². The number of rotatable bonds is 2. The third-order valence-corrected chi connectivity index (χ3v) is 2.57. The van der Waals surface area contributed by atoms with Gasteiger partial charge >= 0.3 is 14.9 Å². The van der Waals surface area contributed by atoms with E-state index in [2.05, 4.69) is 25.8 Å². The molecular formula is C8H19AlF4N2. The molecule has 0 aromatic rings. The van der Waals surface area contributed by atoms with Gasteiger partial charge in [-0.25, -0.2) is 4.90 Å². The van der Waals surface area contributed by atoms with Crippen LogP contribution in [0.15, 0.2) is 0 Å². The van der Waals surface area contributed by atoms with Crippen molar-refractivity contribution in [3.05, 3.63) is 0 Å². The van der Waals surface area contributed by atoms with Gasteiger partial charge in [0.05, 0.1) is 20.1 Å². The summed E-state index contributed by atoms with van der Waals surface area (Å²) in [6.07, 6.45) is 2.04. The van der Waals surface area contributed by atoms with Gasteiger partial charge in [0.25, 0.3) is 0 Å². The lowest BCUT2D eigenvalue weighted by molar-refractivity contribution is -0.896. The normalized spacial score (nSPS) is 27.4. The molecule has 0 aromatic heterocycles. The number of nitrogens with one attached hydrogen (secondary N) is 1. The van der Waals surface area contributed by atoms with Crippen molar-refractivity contribution in [1.82, 2.24) is 4.90 Å². The zero-order valence-corrected chi connectivity index (χ0v) is 10.6. The first-order valence-corrected chi connectivity index (χ1v) is 6.94. The zero-order valence-electron chi connectivity index (χ0n) is 9.44. The van der Waals surface area contributed by atoms with Crippen LogP contribution < -0.4 is 4.90 Å². The molecule has 1 aliphatic heterocycles. The van der Waals surface area contributed by atoms with Gasteiger partial charge < -0.3 is 19.0 Å². The smallest absolute Gasteiger partial charge is 0.510 e. The van der Waals surface area contributed by atoms with Gasteiger partial charge in [0.15, 0.2) is 0 Å². The van der Waals surface area contributed by atoms with Crippen molar-refractivity contribution in [2.75, 3.05) is 26.7 Å². The third-order valence-electron chi connectivity index (χ3n) is 2.57. The third kappa shape index (κ3) is 8.03. The van der Waals surface area contributed by atoms with Crippen LogP contribution in [0, 0.1) is 0 Å². The maximum atomic E-state index is 9.85. The summed E-state index contributed by atoms with van der Waals surface area (Å²) in [5.74, 6) is 0. The van der Waals surface area contributed by atoms with E-state index in [-0.39, 0.29) is 0 Å². The molecule has 1 N–H and O–H groups in total. The number of halogens is 4. The Bertz CT molecular complexity index is 169. The van der Waals surface area contributed by atoms with E-state index < -0.39 is 14.9 Å². The highest BCUT2D eigenvalue weighted by molar-refractivity contribution is 6.50. The Morgan fingerprint density at radius 3 is 2.07 bits per heavy atom. The second-order valence-corrected chi connectivity index (χ2v) is 4.79. The largest absolute Gasteiger partial charge is 1.04 e. The van der Waals surface area contributed by atoms with Crippen molar-refractivity contribution >= 4 is 14.9 Å². The van der Waals surface area contributed by atoms with Gasteiger partial charge in [-0.2, -0.15) is 0 Å². The fraction of sp³-hybridized carbons (Fsp3) is 1.00. The van der Waals surface area contributed by atoms with Crippen LogP contribution in [0.2, 0.25) is 0 Å². The fourth-order valence-corrected chi connectivity index (χ4v) is 1.63. The first-order chi connectivity index (χ1) is 6.75. The number of quaternary nitrogens is 1. The molecule has 1 aliphatic rings. The van der Waals surface area contributed by atoms with Crippen molar-refractivity contribution in [3.8, 4) is 0 Å². The second-order valence-electron chi connectivity index (χ2n) is 3.80. The molecular weight excluding hydrogens is 227 g/mol. The molecule has 0 bridgehead atoms. The molecule has 0 amide bonds. The average Bonchev–Trinajstić information content (AvgIpc) is 2.34. The molecule has 2 nitrogen and oxygen atoms in total. The molecule has 7 heteroatoms. The van der Waals surface area contributed by atoms with Crippen molar-refractivity contribution in [3.63, 3.8) is 0 Å². The van der Waals surface area contributed by atoms with Crippen LogP contribution in [0.5, 0.6) is 0 Å². The van der Waals surface area contributed by atoms with Gasteiger partial charge in [-0.1, -0.05) is 6.92 Å². The molecule has 2 unspecified atom stereocenters. The topological polar surface area (TPSA) is 7.68 Å². The van der Waals surface area contributed by atoms with E-state index in [4.69, 9.17) is 0 Å². The minimum atomic E-state index is -6.83. The van der Waals surface area contributed by atoms with Gasteiger partial charge in [-0.3, -0.25) is 0 Å². The average molecular weight is 246 g/mol. The van der Waals surface area contributed by atoms with Crippen LogP contribution in [-0.2, 0) is 0 Å². The molecule has 1 rings (SSSR count). The molecule has 1 fully saturated rings. The van der Waals surface area contributed by atoms with Crippen LogP contribution in [-0.4, -0.2) is 52.7 Å². The maximum absolute atomic E-state index is 9.85. The van der Waals surface area contributed by atoms with E-state index in [0.29, 0.717) is 0 Å². The summed E-state index contributed by atoms with van der Waals surface area (Å²) in [5.41, 5.74) is 0. The van der Waals surface area contributed by atoms with E-state index in [0.717, 1.165) is 6.17 Å². The molecule has 0 aromatic carbocycles. The quantitative estimate of drug-likeness (QED) is 0.561. The standard InChI is InChI=1S/C8H18N2.Al.4FH/c1-4-5-10-7-6-9(3)8(10)2;;;;;/h8H,4-7H2,1-3H3;;4*1H/q;+3;;;;/p-3. The van der Waals surface area contributed by atoms with Crippen LogP contribution in [0.4, 0.5) is 14.1 Å². The highest BCUT2D eigenvalue weighted by Crippen LogP contribution is 2.06. The second kappa shape index (κ2) is 6.69. The molecule has 1 heterocycles. The van der Waals surface area contributed by atoms with Crippen molar-refractivity contribution in [1.29, 1.82) is 0 Å². The molecule has 0 saturated carbocycles. The van der Waals surface area contributed by atoms with E-state index in [1.807, 2.05) is 0 Å². The Morgan fingerprint density at radius 1 is 1.33 bits per heavy atom. The monoisotopic (exact) mass is 246 g/mol. The predicted octanol–water partition coefficient (Wildman–Crippen LogP) is 0.873. The van der Waals surface area contributed by atoms with E-state index in [1.165, 1.54) is 26.1 Å². The molecule has 0 radical (unpaired) electrons. The Hall–Kier alpha value is 0.172. The predicted molar refractivity (Wildman–Crippen MR) is 53.3 cm³/mol. The van der Waals surface area contributed by atoms with Crippen LogP contribution in [0.25, 0.3) is 0 Å². The highest BCUT2D eigenvalue weighted by atomic mass is 27.5. The van der Waals surface area contributed by atoms with E-state index >= 15 is 0 Å². The Labute approximate surface area is 92.4 Å². The van der Waals surface area contributed by atoms with E-state index in [9.17, 15) is 14.1 Å². The Kier molecular flexibility index (Phi) is 6.77. The van der Waals surface area contributed by atoms with Gasteiger partial charge in [0, 0.05) is 13.5 Å². The molecule has 92 valence electrons. The number of hydrogen-bond acceptors (Lipinski definition) is 1. The zero-order chi connectivity index (χ0) is 12.1. The lowest BCUT2D eigenvalue weighted by atomic mass is 10.4. The highest BCUT2D eigenvalue weighted by Gasteiger charge is 2.41. The number of hydrogen-bond donors (Lipinski definition) is 1. The first kappa shape index (κ1) is 15.2. The number of nitrogens with zero attached hydrogens (tertiary/aromatic N) is 1. The summed E-state index contributed by atoms with van der Waals surface area (Å²) in [7, 11) is 2.28. The summed E-state index contributed by atoms with van der Waals surface area (Å²) < 4.78 is 39.4. The van der Waals surface area contributed by atoms with Crippen molar-refractivity contribution < 1.29 is 19.0 Å². The minimum absolute atomic E-state index is 0.750.